The van der Waals surface area contributed by atoms with Crippen molar-refractivity contribution in [2.45, 2.75) is 0 Å². The lowest BCUT2D eigenvalue weighted by Crippen LogP contribution is -2.24. The van der Waals surface area contributed by atoms with E-state index in [2.05, 4.69) is 21.2 Å². The normalized spacial score (nSPS) is 9.64. The largest absolute Gasteiger partial charge is 0.484 e. The molecule has 1 amide bonds. The Balaban J connectivity index is 2.60. The zero-order valence-corrected chi connectivity index (χ0v) is 9.10. The molecule has 1 N–H and O–H groups in total. The molecule has 0 unspecified atom stereocenters. The van der Waals surface area contributed by atoms with Crippen molar-refractivity contribution in [3.63, 3.8) is 0 Å². The SMILES string of the molecule is CNC(=O)COc1ccc(Br)c(F)c1. The van der Waals surface area contributed by atoms with Crippen molar-refractivity contribution >= 4 is 21.8 Å². The quantitative estimate of drug-likeness (QED) is 0.900. The first-order chi connectivity index (χ1) is 6.63. The van der Waals surface area contributed by atoms with Crippen LogP contribution in [0.1, 0.15) is 0 Å². The maximum Gasteiger partial charge on any atom is 0.257 e. The molecule has 0 aromatic heterocycles. The van der Waals surface area contributed by atoms with Gasteiger partial charge in [-0.3, -0.25) is 4.79 Å². The number of ether oxygens (including phenoxy) is 1. The molecule has 1 rings (SSSR count). The Morgan fingerprint density at radius 3 is 2.93 bits per heavy atom. The molecule has 1 aromatic carbocycles. The first-order valence-electron chi connectivity index (χ1n) is 3.92. The first kappa shape index (κ1) is 11.0. The summed E-state index contributed by atoms with van der Waals surface area (Å²) in [4.78, 5) is 10.8. The van der Waals surface area contributed by atoms with Gasteiger partial charge >= 0.3 is 0 Å². The lowest BCUT2D eigenvalue weighted by molar-refractivity contribution is -0.122. The highest BCUT2D eigenvalue weighted by molar-refractivity contribution is 9.10. The highest BCUT2D eigenvalue weighted by atomic mass is 79.9. The summed E-state index contributed by atoms with van der Waals surface area (Å²) >= 11 is 3.01. The zero-order chi connectivity index (χ0) is 10.6. The minimum absolute atomic E-state index is 0.114. The Morgan fingerprint density at radius 1 is 1.64 bits per heavy atom. The number of nitrogens with one attached hydrogen (secondary N) is 1. The van der Waals surface area contributed by atoms with Crippen molar-refractivity contribution in [2.24, 2.45) is 0 Å². The molecule has 0 aliphatic rings. The number of amides is 1. The highest BCUT2D eigenvalue weighted by Gasteiger charge is 2.03. The van der Waals surface area contributed by atoms with E-state index in [4.69, 9.17) is 4.74 Å². The van der Waals surface area contributed by atoms with E-state index in [1.54, 1.807) is 6.07 Å². The van der Waals surface area contributed by atoms with Crippen LogP contribution in [0.15, 0.2) is 22.7 Å². The van der Waals surface area contributed by atoms with Gasteiger partial charge in [-0.15, -0.1) is 0 Å². The molecule has 0 aliphatic carbocycles. The fourth-order valence-electron chi connectivity index (χ4n) is 0.788. The van der Waals surface area contributed by atoms with Crippen LogP contribution < -0.4 is 10.1 Å². The average molecular weight is 262 g/mol. The number of rotatable bonds is 3. The summed E-state index contributed by atoms with van der Waals surface area (Å²) in [6.07, 6.45) is 0. The van der Waals surface area contributed by atoms with Gasteiger partial charge in [0.25, 0.3) is 5.91 Å². The Kier molecular flexibility index (Phi) is 3.88. The van der Waals surface area contributed by atoms with Crippen LogP contribution in [0.3, 0.4) is 0 Å². The standard InChI is InChI=1S/C9H9BrFNO2/c1-12-9(13)5-14-6-2-3-7(10)8(11)4-6/h2-4H,5H2,1H3,(H,12,13). The van der Waals surface area contributed by atoms with Gasteiger partial charge in [0.05, 0.1) is 4.47 Å². The van der Waals surface area contributed by atoms with Gasteiger partial charge in [0.1, 0.15) is 11.6 Å². The molecule has 0 saturated heterocycles. The number of carbonyl (C=O) groups excluding carboxylic acids is 1. The molecule has 3 nitrogen and oxygen atoms in total. The topological polar surface area (TPSA) is 38.3 Å². The minimum Gasteiger partial charge on any atom is -0.484 e. The molecule has 5 heteroatoms. The maximum absolute atomic E-state index is 13.0. The van der Waals surface area contributed by atoms with Crippen LogP contribution in [0.5, 0.6) is 5.75 Å². The van der Waals surface area contributed by atoms with E-state index in [9.17, 15) is 9.18 Å². The molecule has 14 heavy (non-hydrogen) atoms. The number of hydrogen-bond acceptors (Lipinski definition) is 2. The predicted molar refractivity (Wildman–Crippen MR) is 53.7 cm³/mol. The molecule has 1 aromatic rings. The lowest BCUT2D eigenvalue weighted by atomic mass is 10.3. The summed E-state index contributed by atoms with van der Waals surface area (Å²) in [5.41, 5.74) is 0. The minimum atomic E-state index is -0.417. The average Bonchev–Trinajstić information content (AvgIpc) is 2.19. The van der Waals surface area contributed by atoms with Crippen molar-refractivity contribution in [1.29, 1.82) is 0 Å². The van der Waals surface area contributed by atoms with Gasteiger partial charge in [0.15, 0.2) is 6.61 Å². The molecule has 0 saturated carbocycles. The third-order valence-corrected chi connectivity index (χ3v) is 2.18. The van der Waals surface area contributed by atoms with Gasteiger partial charge in [-0.2, -0.15) is 0 Å². The second-order valence-corrected chi connectivity index (χ2v) is 3.39. The van der Waals surface area contributed by atoms with Crippen LogP contribution in [0.2, 0.25) is 0 Å². The maximum atomic E-state index is 13.0. The number of carbonyl (C=O) groups is 1. The van der Waals surface area contributed by atoms with E-state index in [1.165, 1.54) is 19.2 Å². The van der Waals surface area contributed by atoms with Crippen LogP contribution in [0.25, 0.3) is 0 Å². The van der Waals surface area contributed by atoms with Crippen molar-refractivity contribution in [2.75, 3.05) is 13.7 Å². The molecular weight excluding hydrogens is 253 g/mol. The van der Waals surface area contributed by atoms with E-state index in [0.717, 1.165) is 0 Å². The van der Waals surface area contributed by atoms with E-state index in [-0.39, 0.29) is 12.5 Å². The second kappa shape index (κ2) is 4.95. The van der Waals surface area contributed by atoms with Gasteiger partial charge in [-0.05, 0) is 28.1 Å². The summed E-state index contributed by atoms with van der Waals surface area (Å²) in [7, 11) is 1.51. The third-order valence-electron chi connectivity index (χ3n) is 1.54. The fourth-order valence-corrected chi connectivity index (χ4v) is 1.03. The summed E-state index contributed by atoms with van der Waals surface area (Å²) in [6, 6.07) is 4.32. The summed E-state index contributed by atoms with van der Waals surface area (Å²) in [6.45, 7) is -0.114. The first-order valence-corrected chi connectivity index (χ1v) is 4.71. The van der Waals surface area contributed by atoms with Gasteiger partial charge < -0.3 is 10.1 Å². The van der Waals surface area contributed by atoms with E-state index in [0.29, 0.717) is 10.2 Å². The summed E-state index contributed by atoms with van der Waals surface area (Å²) < 4.78 is 18.3. The Morgan fingerprint density at radius 2 is 2.36 bits per heavy atom. The summed E-state index contributed by atoms with van der Waals surface area (Å²) in [5.74, 6) is -0.345. The molecule has 0 fully saturated rings. The smallest absolute Gasteiger partial charge is 0.257 e. The van der Waals surface area contributed by atoms with Crippen molar-refractivity contribution in [3.05, 3.63) is 28.5 Å². The van der Waals surface area contributed by atoms with Crippen molar-refractivity contribution < 1.29 is 13.9 Å². The number of benzene rings is 1. The van der Waals surface area contributed by atoms with Crippen molar-refractivity contribution in [1.82, 2.24) is 5.32 Å². The zero-order valence-electron chi connectivity index (χ0n) is 7.51. The van der Waals surface area contributed by atoms with Gasteiger partial charge in [-0.1, -0.05) is 0 Å². The molecular formula is C9H9BrFNO2. The van der Waals surface area contributed by atoms with Crippen LogP contribution in [-0.2, 0) is 4.79 Å². The Bertz CT molecular complexity index is 344. The molecule has 0 spiro atoms. The molecule has 0 aliphatic heterocycles. The Hall–Kier alpha value is -1.10. The number of halogens is 2. The molecule has 0 atom stereocenters. The van der Waals surface area contributed by atoms with Gasteiger partial charge in [-0.25, -0.2) is 4.39 Å². The van der Waals surface area contributed by atoms with Gasteiger partial charge in [0.2, 0.25) is 0 Å². The number of likely N-dealkylation sites (N-methyl/N-ethyl adjacent to an activating group) is 1. The monoisotopic (exact) mass is 261 g/mol. The summed E-state index contributed by atoms with van der Waals surface area (Å²) in [5, 5.41) is 2.39. The predicted octanol–water partition coefficient (Wildman–Crippen LogP) is 1.71. The Labute approximate surface area is 89.4 Å². The second-order valence-electron chi connectivity index (χ2n) is 2.54. The molecule has 0 bridgehead atoms. The van der Waals surface area contributed by atoms with Crippen LogP contribution in [0.4, 0.5) is 4.39 Å². The highest BCUT2D eigenvalue weighted by Crippen LogP contribution is 2.20. The molecule has 0 radical (unpaired) electrons. The van der Waals surface area contributed by atoms with E-state index < -0.39 is 5.82 Å². The van der Waals surface area contributed by atoms with Crippen LogP contribution in [0, 0.1) is 5.82 Å². The number of hydrogen-bond donors (Lipinski definition) is 1. The fraction of sp³-hybridized carbons (Fsp3) is 0.222. The van der Waals surface area contributed by atoms with E-state index in [1.807, 2.05) is 0 Å². The van der Waals surface area contributed by atoms with Crippen LogP contribution >= 0.6 is 15.9 Å². The molecule has 76 valence electrons. The third kappa shape index (κ3) is 2.99. The van der Waals surface area contributed by atoms with E-state index >= 15 is 0 Å². The van der Waals surface area contributed by atoms with Gasteiger partial charge in [0, 0.05) is 13.1 Å². The molecule has 0 heterocycles. The lowest BCUT2D eigenvalue weighted by Gasteiger charge is -2.05. The van der Waals surface area contributed by atoms with Crippen molar-refractivity contribution in [3.8, 4) is 5.75 Å². The van der Waals surface area contributed by atoms with Crippen LogP contribution in [-0.4, -0.2) is 19.6 Å².